The molecule has 1 heterocycles. The third-order valence-electron chi connectivity index (χ3n) is 1.79. The summed E-state index contributed by atoms with van der Waals surface area (Å²) in [5.74, 6) is -0.710. The molecule has 0 spiro atoms. The highest BCUT2D eigenvalue weighted by atomic mass is 19.1. The maximum atomic E-state index is 13.0. The first-order valence-corrected chi connectivity index (χ1v) is 4.02. The van der Waals surface area contributed by atoms with Crippen molar-refractivity contribution in [2.24, 2.45) is 0 Å². The Hall–Kier alpha value is -1.63. The van der Waals surface area contributed by atoms with Crippen molar-refractivity contribution < 1.29 is 9.13 Å². The van der Waals surface area contributed by atoms with E-state index in [-0.39, 0.29) is 17.4 Å². The molecule has 0 N–H and O–H groups in total. The number of aromatic nitrogens is 1. The van der Waals surface area contributed by atoms with Crippen LogP contribution in [0.15, 0.2) is 12.3 Å². The van der Waals surface area contributed by atoms with Crippen LogP contribution in [0.4, 0.5) is 4.39 Å². The van der Waals surface area contributed by atoms with Crippen LogP contribution in [-0.2, 0) is 0 Å². The molecule has 66 valence electrons. The number of ether oxygens (including phenoxy) is 1. The molecule has 0 aliphatic heterocycles. The van der Waals surface area contributed by atoms with Gasteiger partial charge >= 0.3 is 0 Å². The van der Waals surface area contributed by atoms with Gasteiger partial charge < -0.3 is 4.74 Å². The molecule has 13 heavy (non-hydrogen) atoms. The van der Waals surface area contributed by atoms with E-state index in [1.807, 2.05) is 6.07 Å². The highest BCUT2D eigenvalue weighted by Gasteiger charge is 2.26. The minimum absolute atomic E-state index is 0.00694. The summed E-state index contributed by atoms with van der Waals surface area (Å²) in [5.41, 5.74) is 0.208. The van der Waals surface area contributed by atoms with Gasteiger partial charge in [0.25, 0.3) is 5.95 Å². The second-order valence-electron chi connectivity index (χ2n) is 2.91. The molecule has 1 aliphatic carbocycles. The lowest BCUT2D eigenvalue weighted by Gasteiger charge is -2.05. The second kappa shape index (κ2) is 3.02. The van der Waals surface area contributed by atoms with Crippen molar-refractivity contribution in [1.82, 2.24) is 4.98 Å². The van der Waals surface area contributed by atoms with Gasteiger partial charge in [-0.3, -0.25) is 0 Å². The van der Waals surface area contributed by atoms with Gasteiger partial charge in [0.15, 0.2) is 5.75 Å². The van der Waals surface area contributed by atoms with Gasteiger partial charge in [0.2, 0.25) is 0 Å². The van der Waals surface area contributed by atoms with Crippen LogP contribution in [-0.4, -0.2) is 11.1 Å². The Bertz CT molecular complexity index is 368. The molecule has 0 aromatic carbocycles. The van der Waals surface area contributed by atoms with Crippen LogP contribution in [0.5, 0.6) is 5.75 Å². The fraction of sp³-hybridized carbons (Fsp3) is 0.333. The summed E-state index contributed by atoms with van der Waals surface area (Å²) in [4.78, 5) is 3.43. The molecule has 3 nitrogen and oxygen atoms in total. The standard InChI is InChI=1S/C9H7FN2O/c10-9-8(13-7-1-2-7)6(5-11)3-4-12-9/h3-4,7H,1-2H2. The van der Waals surface area contributed by atoms with Gasteiger partial charge in [-0.2, -0.15) is 9.65 Å². The van der Waals surface area contributed by atoms with E-state index in [2.05, 4.69) is 4.98 Å². The predicted octanol–water partition coefficient (Wildman–Crippen LogP) is 1.63. The van der Waals surface area contributed by atoms with Crippen molar-refractivity contribution in [3.8, 4) is 11.8 Å². The molecule has 4 heteroatoms. The summed E-state index contributed by atoms with van der Waals surface area (Å²) in [5, 5.41) is 8.65. The minimum Gasteiger partial charge on any atom is -0.484 e. The van der Waals surface area contributed by atoms with Crippen LogP contribution >= 0.6 is 0 Å². The van der Waals surface area contributed by atoms with Crippen molar-refractivity contribution in [1.29, 1.82) is 5.26 Å². The topological polar surface area (TPSA) is 45.9 Å². The molecule has 0 radical (unpaired) electrons. The number of halogens is 1. The van der Waals surface area contributed by atoms with E-state index in [9.17, 15) is 4.39 Å². The fourth-order valence-electron chi connectivity index (χ4n) is 0.975. The van der Waals surface area contributed by atoms with E-state index in [4.69, 9.17) is 10.00 Å². The first-order chi connectivity index (χ1) is 6.31. The molecule has 1 fully saturated rings. The summed E-state index contributed by atoms with van der Waals surface area (Å²) in [6.07, 6.45) is 3.19. The number of hydrogen-bond donors (Lipinski definition) is 0. The second-order valence-corrected chi connectivity index (χ2v) is 2.91. The van der Waals surface area contributed by atoms with Crippen LogP contribution in [0.1, 0.15) is 18.4 Å². The van der Waals surface area contributed by atoms with E-state index >= 15 is 0 Å². The fourth-order valence-corrected chi connectivity index (χ4v) is 0.975. The van der Waals surface area contributed by atoms with E-state index in [1.165, 1.54) is 12.3 Å². The lowest BCUT2D eigenvalue weighted by molar-refractivity contribution is 0.282. The number of nitriles is 1. The van der Waals surface area contributed by atoms with Crippen molar-refractivity contribution in [2.75, 3.05) is 0 Å². The summed E-state index contributed by atoms with van der Waals surface area (Å²) >= 11 is 0. The molecule has 0 atom stereocenters. The largest absolute Gasteiger partial charge is 0.484 e. The zero-order chi connectivity index (χ0) is 9.26. The summed E-state index contributed by atoms with van der Waals surface area (Å²) < 4.78 is 18.3. The summed E-state index contributed by atoms with van der Waals surface area (Å²) in [6, 6.07) is 3.31. The van der Waals surface area contributed by atoms with Gasteiger partial charge in [-0.15, -0.1) is 0 Å². The number of hydrogen-bond acceptors (Lipinski definition) is 3. The Morgan fingerprint density at radius 2 is 2.38 bits per heavy atom. The van der Waals surface area contributed by atoms with E-state index in [1.54, 1.807) is 0 Å². The van der Waals surface area contributed by atoms with Crippen LogP contribution < -0.4 is 4.74 Å². The van der Waals surface area contributed by atoms with Gasteiger partial charge in [-0.05, 0) is 18.9 Å². The van der Waals surface area contributed by atoms with Crippen molar-refractivity contribution in [2.45, 2.75) is 18.9 Å². The Labute approximate surface area is 74.8 Å². The first kappa shape index (κ1) is 7.99. The van der Waals surface area contributed by atoms with Crippen LogP contribution in [0.3, 0.4) is 0 Å². The van der Waals surface area contributed by atoms with Gasteiger partial charge in [-0.25, -0.2) is 4.98 Å². The van der Waals surface area contributed by atoms with Crippen LogP contribution in [0, 0.1) is 17.3 Å². The summed E-state index contributed by atoms with van der Waals surface area (Å²) in [6.45, 7) is 0. The van der Waals surface area contributed by atoms with Crippen LogP contribution in [0.2, 0.25) is 0 Å². The van der Waals surface area contributed by atoms with Crippen LogP contribution in [0.25, 0.3) is 0 Å². The van der Waals surface area contributed by atoms with Gasteiger partial charge in [0.05, 0.1) is 6.10 Å². The van der Waals surface area contributed by atoms with Gasteiger partial charge in [-0.1, -0.05) is 0 Å². The zero-order valence-corrected chi connectivity index (χ0v) is 6.83. The maximum Gasteiger partial charge on any atom is 0.256 e. The smallest absolute Gasteiger partial charge is 0.256 e. The SMILES string of the molecule is N#Cc1ccnc(F)c1OC1CC1. The average Bonchev–Trinajstić information content (AvgIpc) is 2.92. The Balaban J connectivity index is 2.34. The molecular formula is C9H7FN2O. The number of nitrogens with zero attached hydrogens (tertiary/aromatic N) is 2. The Morgan fingerprint density at radius 1 is 1.62 bits per heavy atom. The van der Waals surface area contributed by atoms with E-state index in [0.717, 1.165) is 12.8 Å². The number of pyridine rings is 1. The first-order valence-electron chi connectivity index (χ1n) is 4.02. The molecule has 1 aliphatic rings. The minimum atomic E-state index is -0.703. The van der Waals surface area contributed by atoms with Crippen molar-refractivity contribution >= 4 is 0 Å². The molecule has 0 saturated heterocycles. The third-order valence-corrected chi connectivity index (χ3v) is 1.79. The van der Waals surface area contributed by atoms with E-state index < -0.39 is 5.95 Å². The Morgan fingerprint density at radius 3 is 3.00 bits per heavy atom. The van der Waals surface area contributed by atoms with E-state index in [0.29, 0.717) is 0 Å². The van der Waals surface area contributed by atoms with Gasteiger partial charge in [0, 0.05) is 6.20 Å². The lowest BCUT2D eigenvalue weighted by atomic mass is 10.3. The Kier molecular flexibility index (Phi) is 1.85. The molecule has 2 rings (SSSR count). The number of rotatable bonds is 2. The lowest BCUT2D eigenvalue weighted by Crippen LogP contribution is -2.02. The van der Waals surface area contributed by atoms with Crippen molar-refractivity contribution in [3.05, 3.63) is 23.8 Å². The predicted molar refractivity (Wildman–Crippen MR) is 42.6 cm³/mol. The monoisotopic (exact) mass is 178 g/mol. The molecule has 1 aromatic heterocycles. The molecule has 1 saturated carbocycles. The maximum absolute atomic E-state index is 13.0. The van der Waals surface area contributed by atoms with Gasteiger partial charge in [0.1, 0.15) is 11.6 Å². The zero-order valence-electron chi connectivity index (χ0n) is 6.83. The highest BCUT2D eigenvalue weighted by molar-refractivity contribution is 5.41. The quantitative estimate of drug-likeness (QED) is 0.646. The normalized spacial score (nSPS) is 15.1. The average molecular weight is 178 g/mol. The summed E-state index contributed by atoms with van der Waals surface area (Å²) in [7, 11) is 0. The molecule has 0 unspecified atom stereocenters. The third kappa shape index (κ3) is 1.59. The molecule has 0 bridgehead atoms. The molecular weight excluding hydrogens is 171 g/mol. The molecule has 0 amide bonds. The van der Waals surface area contributed by atoms with Crippen molar-refractivity contribution in [3.63, 3.8) is 0 Å². The highest BCUT2D eigenvalue weighted by Crippen LogP contribution is 2.29. The molecule has 1 aromatic rings.